The normalized spacial score (nSPS) is 20.5. The second-order valence-electron chi connectivity index (χ2n) is 6.99. The maximum atomic E-state index is 13.2. The Morgan fingerprint density at radius 3 is 2.54 bits per heavy atom. The quantitative estimate of drug-likeness (QED) is 0.881. The van der Waals surface area contributed by atoms with Gasteiger partial charge >= 0.3 is 0 Å². The van der Waals surface area contributed by atoms with Crippen molar-refractivity contribution in [2.45, 2.75) is 29.9 Å². The fourth-order valence-corrected chi connectivity index (χ4v) is 5.14. The minimum absolute atomic E-state index is 0.307. The van der Waals surface area contributed by atoms with Crippen LogP contribution in [0.2, 0.25) is 0 Å². The molecule has 26 heavy (non-hydrogen) atoms. The number of aliphatic imine (C=N–C) groups is 1. The van der Waals surface area contributed by atoms with Crippen LogP contribution in [0, 0.1) is 12.8 Å². The minimum atomic E-state index is -3.57. The molecule has 4 rings (SSSR count). The molecule has 2 aliphatic rings. The number of piperidine rings is 1. The third-order valence-corrected chi connectivity index (χ3v) is 7.22. The van der Waals surface area contributed by atoms with Crippen LogP contribution in [0.1, 0.15) is 29.3 Å². The van der Waals surface area contributed by atoms with Gasteiger partial charge in [0.1, 0.15) is 17.3 Å². The van der Waals surface area contributed by atoms with E-state index < -0.39 is 15.1 Å². The topological polar surface area (TPSA) is 93.6 Å². The Bertz CT molecular complexity index is 925. The van der Waals surface area contributed by atoms with Gasteiger partial charge in [-0.15, -0.1) is 0 Å². The number of fused-ring (bicyclic) bond motifs is 1. The van der Waals surface area contributed by atoms with Crippen LogP contribution in [-0.2, 0) is 9.84 Å². The number of hydrogen-bond donors (Lipinski definition) is 1. The van der Waals surface area contributed by atoms with Crippen molar-refractivity contribution in [2.75, 3.05) is 24.6 Å². The maximum absolute atomic E-state index is 13.2. The Balaban J connectivity index is 1.66. The first kappa shape index (κ1) is 17.2. The monoisotopic (exact) mass is 373 g/mol. The zero-order valence-electron chi connectivity index (χ0n) is 14.7. The van der Waals surface area contributed by atoms with Gasteiger partial charge in [0.15, 0.2) is 15.7 Å². The average Bonchev–Trinajstić information content (AvgIpc) is 3.24. The number of hydrogen-bond acceptors (Lipinski definition) is 6. The molecule has 2 N–H and O–H groups in total. The van der Waals surface area contributed by atoms with Crippen LogP contribution in [0.3, 0.4) is 0 Å². The Hall–Kier alpha value is -2.19. The van der Waals surface area contributed by atoms with Gasteiger partial charge < -0.3 is 10.7 Å². The molecule has 0 amide bonds. The first-order chi connectivity index (χ1) is 12.5. The van der Waals surface area contributed by atoms with Gasteiger partial charge in [-0.2, -0.15) is 0 Å². The first-order valence-corrected chi connectivity index (χ1v) is 10.4. The Kier molecular flexibility index (Phi) is 4.32. The second kappa shape index (κ2) is 6.51. The first-order valence-electron chi connectivity index (χ1n) is 8.88. The van der Waals surface area contributed by atoms with Crippen molar-refractivity contribution in [3.8, 4) is 0 Å². The second-order valence-corrected chi connectivity index (χ2v) is 9.06. The number of aryl methyl sites for hydroxylation is 1. The van der Waals surface area contributed by atoms with Gasteiger partial charge in [-0.1, -0.05) is 17.7 Å². The number of benzene rings is 1. The summed E-state index contributed by atoms with van der Waals surface area (Å²) in [5.41, 5.74) is 7.44. The largest absolute Gasteiger partial charge is 0.330 e. The molecule has 0 bridgehead atoms. The SMILES string of the molecule is Cc1ccc(S(=O)(=O)C2C=Nc3ncn(N4CCC(CN)CC4)c32)cc1. The Labute approximate surface area is 153 Å². The molecule has 1 unspecified atom stereocenters. The van der Waals surface area contributed by atoms with Gasteiger partial charge in [0, 0.05) is 19.3 Å². The number of sulfone groups is 1. The number of imidazole rings is 1. The molecule has 8 heteroatoms. The number of aromatic nitrogens is 2. The van der Waals surface area contributed by atoms with Gasteiger partial charge in [0.25, 0.3) is 0 Å². The van der Waals surface area contributed by atoms with E-state index >= 15 is 0 Å². The highest BCUT2D eigenvalue weighted by atomic mass is 32.2. The highest BCUT2D eigenvalue weighted by Crippen LogP contribution is 2.38. The van der Waals surface area contributed by atoms with Crippen LogP contribution < -0.4 is 10.7 Å². The molecule has 1 saturated heterocycles. The molecule has 1 atom stereocenters. The predicted molar refractivity (Wildman–Crippen MR) is 101 cm³/mol. The van der Waals surface area contributed by atoms with E-state index in [1.54, 1.807) is 18.5 Å². The lowest BCUT2D eigenvalue weighted by molar-refractivity contribution is 0.367. The van der Waals surface area contributed by atoms with Crippen molar-refractivity contribution < 1.29 is 8.42 Å². The van der Waals surface area contributed by atoms with E-state index in [0.29, 0.717) is 28.9 Å². The molecule has 1 fully saturated rings. The van der Waals surface area contributed by atoms with Crippen molar-refractivity contribution >= 4 is 21.9 Å². The van der Waals surface area contributed by atoms with E-state index in [1.807, 2.05) is 23.7 Å². The van der Waals surface area contributed by atoms with Gasteiger partial charge in [-0.25, -0.2) is 23.1 Å². The standard InChI is InChI=1S/C18H23N5O2S/c1-13-2-4-15(5-3-13)26(24,25)16-11-20-18-17(16)23(12-21-18)22-8-6-14(10-19)7-9-22/h2-5,11-12,14,16H,6-10,19H2,1H3. The molecular formula is C18H23N5O2S. The number of rotatable bonds is 4. The van der Waals surface area contributed by atoms with Crippen molar-refractivity contribution in [1.29, 1.82) is 0 Å². The summed E-state index contributed by atoms with van der Waals surface area (Å²) in [6.45, 7) is 4.30. The van der Waals surface area contributed by atoms with Crippen LogP contribution in [0.4, 0.5) is 5.82 Å². The van der Waals surface area contributed by atoms with E-state index in [2.05, 4.69) is 15.0 Å². The molecule has 138 valence electrons. The molecule has 0 radical (unpaired) electrons. The zero-order chi connectivity index (χ0) is 18.3. The summed E-state index contributed by atoms with van der Waals surface area (Å²) in [4.78, 5) is 8.88. The van der Waals surface area contributed by atoms with Crippen LogP contribution >= 0.6 is 0 Å². The van der Waals surface area contributed by atoms with Gasteiger partial charge in [0.05, 0.1) is 4.90 Å². The van der Waals surface area contributed by atoms with Crippen LogP contribution in [0.15, 0.2) is 40.5 Å². The molecule has 3 heterocycles. The highest BCUT2D eigenvalue weighted by molar-refractivity contribution is 7.92. The molecule has 7 nitrogen and oxygen atoms in total. The lowest BCUT2D eigenvalue weighted by Crippen LogP contribution is -2.43. The van der Waals surface area contributed by atoms with Gasteiger partial charge in [0.2, 0.25) is 0 Å². The van der Waals surface area contributed by atoms with E-state index in [-0.39, 0.29) is 0 Å². The van der Waals surface area contributed by atoms with Gasteiger partial charge in [-0.05, 0) is 44.4 Å². The fraction of sp³-hybridized carbons (Fsp3) is 0.444. The summed E-state index contributed by atoms with van der Waals surface area (Å²) < 4.78 is 28.2. The number of nitrogens with two attached hydrogens (primary N) is 1. The molecule has 0 aliphatic carbocycles. The van der Waals surface area contributed by atoms with Crippen LogP contribution in [0.5, 0.6) is 0 Å². The molecule has 1 aromatic carbocycles. The average molecular weight is 373 g/mol. The van der Waals surface area contributed by atoms with E-state index in [1.165, 1.54) is 6.21 Å². The Morgan fingerprint density at radius 2 is 1.88 bits per heavy atom. The lowest BCUT2D eigenvalue weighted by Gasteiger charge is -2.34. The molecule has 2 aliphatic heterocycles. The fourth-order valence-electron chi connectivity index (χ4n) is 3.60. The minimum Gasteiger partial charge on any atom is -0.330 e. The summed E-state index contributed by atoms with van der Waals surface area (Å²) in [7, 11) is -3.57. The summed E-state index contributed by atoms with van der Waals surface area (Å²) in [6.07, 6.45) is 5.18. The maximum Gasteiger partial charge on any atom is 0.192 e. The van der Waals surface area contributed by atoms with Gasteiger partial charge in [-0.3, -0.25) is 0 Å². The number of nitrogens with zero attached hydrogens (tertiary/aromatic N) is 4. The molecular weight excluding hydrogens is 350 g/mol. The van der Waals surface area contributed by atoms with E-state index in [4.69, 9.17) is 5.73 Å². The van der Waals surface area contributed by atoms with Crippen molar-refractivity contribution in [1.82, 2.24) is 9.66 Å². The molecule has 0 spiro atoms. The lowest BCUT2D eigenvalue weighted by atomic mass is 9.98. The van der Waals surface area contributed by atoms with Crippen LogP contribution in [-0.4, -0.2) is 43.9 Å². The summed E-state index contributed by atoms with van der Waals surface area (Å²) in [5.74, 6) is 1.03. The van der Waals surface area contributed by atoms with Crippen molar-refractivity contribution in [3.63, 3.8) is 0 Å². The van der Waals surface area contributed by atoms with Crippen LogP contribution in [0.25, 0.3) is 0 Å². The summed E-state index contributed by atoms with van der Waals surface area (Å²) in [6, 6.07) is 6.94. The third-order valence-electron chi connectivity index (χ3n) is 5.28. The van der Waals surface area contributed by atoms with E-state index in [0.717, 1.165) is 31.5 Å². The predicted octanol–water partition coefficient (Wildman–Crippen LogP) is 1.73. The third kappa shape index (κ3) is 2.83. The van der Waals surface area contributed by atoms with E-state index in [9.17, 15) is 8.42 Å². The smallest absolute Gasteiger partial charge is 0.192 e. The molecule has 2 aromatic rings. The highest BCUT2D eigenvalue weighted by Gasteiger charge is 2.38. The zero-order valence-corrected chi connectivity index (χ0v) is 15.6. The summed E-state index contributed by atoms with van der Waals surface area (Å²) >= 11 is 0. The van der Waals surface area contributed by atoms with Crippen molar-refractivity contribution in [3.05, 3.63) is 41.9 Å². The molecule has 1 aromatic heterocycles. The molecule has 0 saturated carbocycles. The van der Waals surface area contributed by atoms with Crippen molar-refractivity contribution in [2.24, 2.45) is 16.6 Å². The summed E-state index contributed by atoms with van der Waals surface area (Å²) in [5, 5.41) is 1.33. The Morgan fingerprint density at radius 1 is 1.19 bits per heavy atom.